The van der Waals surface area contributed by atoms with Crippen molar-refractivity contribution in [2.45, 2.75) is 64.4 Å². The lowest BCUT2D eigenvalue weighted by molar-refractivity contribution is -0.137. The fourth-order valence-electron chi connectivity index (χ4n) is 4.88. The predicted molar refractivity (Wildman–Crippen MR) is 129 cm³/mol. The first kappa shape index (κ1) is 26.2. The molecule has 0 bridgehead atoms. The lowest BCUT2D eigenvalue weighted by atomic mass is 9.94. The molecule has 188 valence electrons. The minimum Gasteiger partial charge on any atom is -0.393 e. The fraction of sp³-hybridized carbons (Fsp3) is 0.625. The first-order chi connectivity index (χ1) is 16.0. The van der Waals surface area contributed by atoms with Crippen LogP contribution in [0.3, 0.4) is 0 Å². The number of aliphatic hydroxyl groups is 1. The molecule has 34 heavy (non-hydrogen) atoms. The van der Waals surface area contributed by atoms with Gasteiger partial charge in [0.15, 0.2) is 0 Å². The molecule has 7 nitrogen and oxygen atoms in total. The summed E-state index contributed by atoms with van der Waals surface area (Å²) in [5.74, 6) is 0.124. The van der Waals surface area contributed by atoms with Gasteiger partial charge >= 0.3 is 6.18 Å². The molecule has 0 radical (unpaired) electrons. The number of aliphatic hydroxyl groups excluding tert-OH is 1. The van der Waals surface area contributed by atoms with E-state index in [1.54, 1.807) is 6.92 Å². The molecule has 1 aromatic carbocycles. The van der Waals surface area contributed by atoms with Crippen molar-refractivity contribution in [3.63, 3.8) is 0 Å². The molecule has 2 N–H and O–H groups in total. The van der Waals surface area contributed by atoms with Gasteiger partial charge in [-0.15, -0.1) is 0 Å². The number of carbonyl (C=O) groups excluding carboxylic acids is 1. The number of carbonyl (C=O) groups is 1. The van der Waals surface area contributed by atoms with Crippen molar-refractivity contribution < 1.29 is 23.1 Å². The van der Waals surface area contributed by atoms with Gasteiger partial charge in [-0.1, -0.05) is 6.92 Å². The van der Waals surface area contributed by atoms with Crippen LogP contribution in [0.1, 0.15) is 45.6 Å². The Balaban J connectivity index is 1.80. The van der Waals surface area contributed by atoms with Gasteiger partial charge in [-0.25, -0.2) is 0 Å². The Morgan fingerprint density at radius 1 is 1.26 bits per heavy atom. The number of anilines is 1. The molecule has 3 rings (SSSR count). The summed E-state index contributed by atoms with van der Waals surface area (Å²) in [6.07, 6.45) is -1.49. The van der Waals surface area contributed by atoms with Crippen molar-refractivity contribution in [2.75, 3.05) is 31.1 Å². The molecule has 1 aromatic rings. The molecule has 2 aliphatic heterocycles. The second-order valence-electron chi connectivity index (χ2n) is 9.27. The summed E-state index contributed by atoms with van der Waals surface area (Å²) in [4.78, 5) is 24.9. The highest BCUT2D eigenvalue weighted by Gasteiger charge is 2.37. The number of likely N-dealkylation sites (tertiary alicyclic amines) is 1. The zero-order valence-electron chi connectivity index (χ0n) is 20.0. The third-order valence-electron chi connectivity index (χ3n) is 6.62. The number of piperidine rings is 2. The number of alkyl halides is 3. The number of aliphatic imine (C=N–C) groups is 2. The van der Waals surface area contributed by atoms with Crippen molar-refractivity contribution in [3.8, 4) is 0 Å². The minimum atomic E-state index is -4.56. The summed E-state index contributed by atoms with van der Waals surface area (Å²) in [5.41, 5.74) is -0.492. The smallest absolute Gasteiger partial charge is 0.393 e. The number of nitrogens with zero attached hydrogens (tertiary/aromatic N) is 4. The molecule has 10 heteroatoms. The zero-order chi connectivity index (χ0) is 25.0. The van der Waals surface area contributed by atoms with Crippen LogP contribution in [-0.4, -0.2) is 73.2 Å². The van der Waals surface area contributed by atoms with Gasteiger partial charge in [-0.3, -0.25) is 19.7 Å². The molecule has 0 aromatic heterocycles. The Morgan fingerprint density at radius 2 is 1.94 bits per heavy atom. The van der Waals surface area contributed by atoms with Crippen molar-refractivity contribution in [2.24, 2.45) is 15.9 Å². The molecule has 3 atom stereocenters. The molecule has 1 unspecified atom stereocenters. The van der Waals surface area contributed by atoms with E-state index < -0.39 is 11.7 Å². The largest absolute Gasteiger partial charge is 0.418 e. The van der Waals surface area contributed by atoms with E-state index in [1.165, 1.54) is 12.3 Å². The van der Waals surface area contributed by atoms with E-state index in [9.17, 15) is 23.1 Å². The van der Waals surface area contributed by atoms with Gasteiger partial charge in [-0.2, -0.15) is 13.2 Å². The second-order valence-corrected chi connectivity index (χ2v) is 9.27. The van der Waals surface area contributed by atoms with Crippen LogP contribution in [0.15, 0.2) is 22.1 Å². The van der Waals surface area contributed by atoms with Gasteiger partial charge in [0.05, 0.1) is 23.4 Å². The number of hydrogen-bond donors (Lipinski definition) is 2. The van der Waals surface area contributed by atoms with Gasteiger partial charge < -0.3 is 15.3 Å². The van der Waals surface area contributed by atoms with Crippen LogP contribution in [0.4, 0.5) is 30.2 Å². The number of amides is 1. The van der Waals surface area contributed by atoms with E-state index in [-0.39, 0.29) is 41.4 Å². The number of halogens is 3. The third kappa shape index (κ3) is 5.96. The summed E-state index contributed by atoms with van der Waals surface area (Å²) in [5, 5.41) is 12.8. The number of benzene rings is 1. The Bertz CT molecular complexity index is 913. The maximum Gasteiger partial charge on any atom is 0.418 e. The lowest BCUT2D eigenvalue weighted by Gasteiger charge is -2.40. The number of rotatable bonds is 6. The quantitative estimate of drug-likeness (QED) is 0.604. The molecule has 0 saturated carbocycles. The summed E-state index contributed by atoms with van der Waals surface area (Å²) in [7, 11) is 0. The van der Waals surface area contributed by atoms with Crippen LogP contribution in [0, 0.1) is 5.92 Å². The Hall–Kier alpha value is -2.46. The van der Waals surface area contributed by atoms with Gasteiger partial charge in [0, 0.05) is 38.4 Å². The average molecular weight is 482 g/mol. The molecule has 2 saturated heterocycles. The Labute approximate surface area is 198 Å². The van der Waals surface area contributed by atoms with Crippen molar-refractivity contribution in [1.82, 2.24) is 10.2 Å². The molecule has 0 aliphatic carbocycles. The molecule has 2 aliphatic rings. The molecule has 1 amide bonds. The maximum absolute atomic E-state index is 13.6. The van der Waals surface area contributed by atoms with Gasteiger partial charge in [0.2, 0.25) is 5.91 Å². The van der Waals surface area contributed by atoms with E-state index in [2.05, 4.69) is 33.8 Å². The maximum atomic E-state index is 13.6. The second kappa shape index (κ2) is 10.9. The highest BCUT2D eigenvalue weighted by Crippen LogP contribution is 2.47. The third-order valence-corrected chi connectivity index (χ3v) is 6.62. The summed E-state index contributed by atoms with van der Waals surface area (Å²) in [6.45, 7) is 11.4. The van der Waals surface area contributed by atoms with Crippen LogP contribution in [0.25, 0.3) is 0 Å². The molecule has 0 spiro atoms. The first-order valence-corrected chi connectivity index (χ1v) is 11.7. The summed E-state index contributed by atoms with van der Waals surface area (Å²) in [6, 6.07) is 1.97. The summed E-state index contributed by atoms with van der Waals surface area (Å²) < 4.78 is 40.7. The fourth-order valence-corrected chi connectivity index (χ4v) is 4.88. The molecular weight excluding hydrogens is 447 g/mol. The van der Waals surface area contributed by atoms with Gasteiger partial charge in [-0.05, 0) is 57.9 Å². The Morgan fingerprint density at radius 3 is 2.53 bits per heavy atom. The number of nitrogens with one attached hydrogen (secondary N) is 1. The van der Waals surface area contributed by atoms with Crippen LogP contribution in [-0.2, 0) is 11.0 Å². The highest BCUT2D eigenvalue weighted by atomic mass is 19.4. The van der Waals surface area contributed by atoms with Gasteiger partial charge in [0.1, 0.15) is 11.4 Å². The predicted octanol–water partition coefficient (Wildman–Crippen LogP) is 3.94. The SMILES string of the molecule is C=Nc1c(N2C[C@@H](C)C[C@@H](NC(=O)C(C)N3CCC(O)CC3)C2)ccc(C(F)(F)F)c1/N=C\C. The van der Waals surface area contributed by atoms with Crippen LogP contribution < -0.4 is 10.2 Å². The van der Waals surface area contributed by atoms with E-state index in [4.69, 9.17) is 0 Å². The standard InChI is InChI=1S/C24H34F3N5O2/c1-5-29-21-19(24(25,26)27)6-7-20(22(21)28-4)32-13-15(2)12-17(14-32)30-23(34)16(3)31-10-8-18(33)9-11-31/h5-7,15-18,33H,4,8-14H2,1-3H3,(H,30,34)/b29-5-/t15-,16?,17+/m0/s1. The lowest BCUT2D eigenvalue weighted by Crippen LogP contribution is -2.55. The van der Waals surface area contributed by atoms with E-state index in [0.29, 0.717) is 44.7 Å². The van der Waals surface area contributed by atoms with Crippen molar-refractivity contribution in [3.05, 3.63) is 17.7 Å². The molecule has 2 heterocycles. The highest BCUT2D eigenvalue weighted by molar-refractivity contribution is 5.85. The molecule has 2 fully saturated rings. The van der Waals surface area contributed by atoms with Gasteiger partial charge in [0.25, 0.3) is 0 Å². The van der Waals surface area contributed by atoms with E-state index in [0.717, 1.165) is 12.5 Å². The average Bonchev–Trinajstić information content (AvgIpc) is 2.77. The first-order valence-electron chi connectivity index (χ1n) is 11.7. The van der Waals surface area contributed by atoms with E-state index >= 15 is 0 Å². The monoisotopic (exact) mass is 481 g/mol. The topological polar surface area (TPSA) is 80.5 Å². The Kier molecular flexibility index (Phi) is 8.35. The van der Waals surface area contributed by atoms with Crippen LogP contribution in [0.2, 0.25) is 0 Å². The molecular formula is C24H34F3N5O2. The zero-order valence-corrected chi connectivity index (χ0v) is 20.0. The van der Waals surface area contributed by atoms with Crippen LogP contribution >= 0.6 is 0 Å². The van der Waals surface area contributed by atoms with Crippen molar-refractivity contribution in [1.29, 1.82) is 0 Å². The van der Waals surface area contributed by atoms with Crippen LogP contribution in [0.5, 0.6) is 0 Å². The minimum absolute atomic E-state index is 0.0822. The van der Waals surface area contributed by atoms with Crippen molar-refractivity contribution >= 4 is 35.9 Å². The normalized spacial score (nSPS) is 23.8. The number of hydrogen-bond acceptors (Lipinski definition) is 6. The van der Waals surface area contributed by atoms with E-state index in [1.807, 2.05) is 11.8 Å². The summed E-state index contributed by atoms with van der Waals surface area (Å²) >= 11 is 0.